The zero-order valence-corrected chi connectivity index (χ0v) is 14.5. The second-order valence-corrected chi connectivity index (χ2v) is 5.46. The minimum Gasteiger partial charge on any atom is -0.466 e. The number of carbonyl (C=O) groups excluding carboxylic acids is 1. The molecule has 0 aromatic carbocycles. The van der Waals surface area contributed by atoms with Gasteiger partial charge >= 0.3 is 5.97 Å². The Labute approximate surface area is 127 Å². The van der Waals surface area contributed by atoms with Crippen molar-refractivity contribution in [3.8, 4) is 0 Å². The molecule has 0 unspecified atom stereocenters. The van der Waals surface area contributed by atoms with Crippen molar-refractivity contribution in [3.05, 3.63) is 0 Å². The van der Waals surface area contributed by atoms with Gasteiger partial charge in [-0.3, -0.25) is 4.79 Å². The molecule has 0 amide bonds. The summed E-state index contributed by atoms with van der Waals surface area (Å²) in [6.07, 6.45) is 17.4. The first kappa shape index (κ1) is 21.8. The standard InChI is InChI=1S/C14H30.C4H8O2/c1-3-5-7-9-11-13-14-12-10-8-6-4-2;1-3-6-4(2)5/h3-14H2,1-2H3;3H2,1-2H3. The molecule has 20 heavy (non-hydrogen) atoms. The molecule has 0 radical (unpaired) electrons. The third-order valence-corrected chi connectivity index (χ3v) is 3.30. The highest BCUT2D eigenvalue weighted by molar-refractivity contribution is 5.65. The predicted molar refractivity (Wildman–Crippen MR) is 89.1 cm³/mol. The number of carbonyl (C=O) groups is 1. The van der Waals surface area contributed by atoms with Crippen LogP contribution in [0.15, 0.2) is 0 Å². The summed E-state index contributed by atoms with van der Waals surface area (Å²) in [5.41, 5.74) is 0. The van der Waals surface area contributed by atoms with Crippen molar-refractivity contribution in [2.24, 2.45) is 0 Å². The van der Waals surface area contributed by atoms with Gasteiger partial charge in [0.15, 0.2) is 0 Å². The third kappa shape index (κ3) is 26.1. The van der Waals surface area contributed by atoms with Crippen LogP contribution in [0.1, 0.15) is 105 Å². The van der Waals surface area contributed by atoms with Crippen molar-refractivity contribution >= 4 is 5.97 Å². The quantitative estimate of drug-likeness (QED) is 0.312. The molecule has 0 aliphatic heterocycles. The molecule has 0 aliphatic carbocycles. The SMILES string of the molecule is CCCCCCCCCCCCCC.CCOC(C)=O. The zero-order valence-electron chi connectivity index (χ0n) is 14.5. The van der Waals surface area contributed by atoms with Crippen molar-refractivity contribution in [1.82, 2.24) is 0 Å². The van der Waals surface area contributed by atoms with Crippen molar-refractivity contribution in [2.45, 2.75) is 105 Å². The van der Waals surface area contributed by atoms with Crippen molar-refractivity contribution in [2.75, 3.05) is 6.61 Å². The normalized spacial score (nSPS) is 9.80. The van der Waals surface area contributed by atoms with Gasteiger partial charge in [-0.25, -0.2) is 0 Å². The molecule has 0 bridgehead atoms. The summed E-state index contributed by atoms with van der Waals surface area (Å²) >= 11 is 0. The molecule has 0 saturated carbocycles. The lowest BCUT2D eigenvalue weighted by Gasteiger charge is -2.01. The van der Waals surface area contributed by atoms with Gasteiger partial charge in [0.05, 0.1) is 6.61 Å². The Morgan fingerprint density at radius 1 is 0.650 bits per heavy atom. The maximum atomic E-state index is 9.82. The molecule has 122 valence electrons. The van der Waals surface area contributed by atoms with Gasteiger partial charge in [-0.15, -0.1) is 0 Å². The van der Waals surface area contributed by atoms with Crippen LogP contribution in [0.2, 0.25) is 0 Å². The first-order valence-corrected chi connectivity index (χ1v) is 8.82. The van der Waals surface area contributed by atoms with E-state index in [1.807, 2.05) is 0 Å². The molecule has 0 rings (SSSR count). The van der Waals surface area contributed by atoms with Gasteiger partial charge in [-0.1, -0.05) is 90.9 Å². The van der Waals surface area contributed by atoms with E-state index in [4.69, 9.17) is 0 Å². The fourth-order valence-corrected chi connectivity index (χ4v) is 2.12. The molecule has 0 heterocycles. The molecule has 0 spiro atoms. The van der Waals surface area contributed by atoms with Crippen LogP contribution in [0.4, 0.5) is 0 Å². The molecule has 0 N–H and O–H groups in total. The Bertz CT molecular complexity index is 166. The summed E-state index contributed by atoms with van der Waals surface area (Å²) in [5.74, 6) is -0.211. The first-order chi connectivity index (χ1) is 9.68. The Morgan fingerprint density at radius 3 is 1.10 bits per heavy atom. The van der Waals surface area contributed by atoms with E-state index in [-0.39, 0.29) is 5.97 Å². The minimum absolute atomic E-state index is 0.211. The van der Waals surface area contributed by atoms with Crippen molar-refractivity contribution < 1.29 is 9.53 Å². The van der Waals surface area contributed by atoms with E-state index in [1.165, 1.54) is 84.0 Å². The molecular formula is C18H38O2. The zero-order chi connectivity index (χ0) is 15.5. The molecule has 2 heteroatoms. The first-order valence-electron chi connectivity index (χ1n) is 8.82. The maximum absolute atomic E-state index is 9.82. The predicted octanol–water partition coefficient (Wildman–Crippen LogP) is 6.28. The van der Waals surface area contributed by atoms with Crippen LogP contribution in [-0.2, 0) is 9.53 Å². The summed E-state index contributed by atoms with van der Waals surface area (Å²) in [4.78, 5) is 9.82. The van der Waals surface area contributed by atoms with Gasteiger partial charge < -0.3 is 4.74 Å². The van der Waals surface area contributed by atoms with Crippen LogP contribution in [0.25, 0.3) is 0 Å². The topological polar surface area (TPSA) is 26.3 Å². The molecular weight excluding hydrogens is 248 g/mol. The highest BCUT2D eigenvalue weighted by Gasteiger charge is 1.91. The van der Waals surface area contributed by atoms with Crippen LogP contribution < -0.4 is 0 Å². The molecule has 0 fully saturated rings. The number of unbranched alkanes of at least 4 members (excludes halogenated alkanes) is 11. The maximum Gasteiger partial charge on any atom is 0.302 e. The Hall–Kier alpha value is -0.530. The summed E-state index contributed by atoms with van der Waals surface area (Å²) in [5, 5.41) is 0. The number of rotatable bonds is 12. The lowest BCUT2D eigenvalue weighted by atomic mass is 10.1. The van der Waals surface area contributed by atoms with Gasteiger partial charge in [0.1, 0.15) is 0 Å². The lowest BCUT2D eigenvalue weighted by molar-refractivity contribution is -0.140. The average Bonchev–Trinajstić information content (AvgIpc) is 2.41. The lowest BCUT2D eigenvalue weighted by Crippen LogP contribution is -1.95. The summed E-state index contributed by atoms with van der Waals surface area (Å²) < 4.78 is 4.40. The van der Waals surface area contributed by atoms with Crippen LogP contribution in [-0.4, -0.2) is 12.6 Å². The smallest absolute Gasteiger partial charge is 0.302 e. The molecule has 0 aliphatic rings. The average molecular weight is 286 g/mol. The molecule has 2 nitrogen and oxygen atoms in total. The number of esters is 1. The molecule has 0 atom stereocenters. The van der Waals surface area contributed by atoms with Gasteiger partial charge in [-0.2, -0.15) is 0 Å². The van der Waals surface area contributed by atoms with E-state index in [9.17, 15) is 4.79 Å². The highest BCUT2D eigenvalue weighted by atomic mass is 16.5. The van der Waals surface area contributed by atoms with Gasteiger partial charge in [0.2, 0.25) is 0 Å². The van der Waals surface area contributed by atoms with Crippen molar-refractivity contribution in [3.63, 3.8) is 0 Å². The highest BCUT2D eigenvalue weighted by Crippen LogP contribution is 2.11. The third-order valence-electron chi connectivity index (χ3n) is 3.30. The van der Waals surface area contributed by atoms with E-state index < -0.39 is 0 Å². The van der Waals surface area contributed by atoms with Gasteiger partial charge in [0.25, 0.3) is 0 Å². The largest absolute Gasteiger partial charge is 0.466 e. The van der Waals surface area contributed by atoms with E-state index in [0.717, 1.165) is 0 Å². The summed E-state index contributed by atoms with van der Waals surface area (Å²) in [6.45, 7) is 8.22. The van der Waals surface area contributed by atoms with E-state index in [2.05, 4.69) is 18.6 Å². The monoisotopic (exact) mass is 286 g/mol. The van der Waals surface area contributed by atoms with Crippen LogP contribution in [0.3, 0.4) is 0 Å². The summed E-state index contributed by atoms with van der Waals surface area (Å²) in [7, 11) is 0. The fourth-order valence-electron chi connectivity index (χ4n) is 2.12. The number of ether oxygens (including phenoxy) is 1. The molecule has 0 saturated heterocycles. The van der Waals surface area contributed by atoms with Crippen LogP contribution >= 0.6 is 0 Å². The van der Waals surface area contributed by atoms with Gasteiger partial charge in [-0.05, 0) is 6.92 Å². The fraction of sp³-hybridized carbons (Fsp3) is 0.944. The summed E-state index contributed by atoms with van der Waals surface area (Å²) in [6, 6.07) is 0. The van der Waals surface area contributed by atoms with Crippen LogP contribution in [0.5, 0.6) is 0 Å². The number of hydrogen-bond donors (Lipinski definition) is 0. The second kappa shape index (κ2) is 20.8. The van der Waals surface area contributed by atoms with Crippen LogP contribution in [0, 0.1) is 0 Å². The van der Waals surface area contributed by atoms with E-state index in [0.29, 0.717) is 6.61 Å². The van der Waals surface area contributed by atoms with Crippen molar-refractivity contribution in [1.29, 1.82) is 0 Å². The Morgan fingerprint density at radius 2 is 0.950 bits per heavy atom. The van der Waals surface area contributed by atoms with E-state index >= 15 is 0 Å². The molecule has 0 aromatic heterocycles. The van der Waals surface area contributed by atoms with Gasteiger partial charge in [0, 0.05) is 6.92 Å². The number of hydrogen-bond acceptors (Lipinski definition) is 2. The minimum atomic E-state index is -0.211. The Kier molecular flexibility index (Phi) is 22.6. The van der Waals surface area contributed by atoms with E-state index in [1.54, 1.807) is 6.92 Å². The second-order valence-electron chi connectivity index (χ2n) is 5.46. The molecule has 0 aromatic rings. The Balaban J connectivity index is 0.